The van der Waals surface area contributed by atoms with Crippen LogP contribution in [0.4, 0.5) is 0 Å². The number of carbonyl (C=O) groups is 2. The highest BCUT2D eigenvalue weighted by molar-refractivity contribution is 5.76. The molecule has 1 fully saturated rings. The number of ether oxygens (including phenoxy) is 1. The molecular formula is C11H20N2O3. The molecule has 2 atom stereocenters. The molecule has 2 unspecified atom stereocenters. The van der Waals surface area contributed by atoms with Gasteiger partial charge in [0.25, 0.3) is 0 Å². The number of carbonyl (C=O) groups excluding carboxylic acids is 2. The lowest BCUT2D eigenvalue weighted by molar-refractivity contribution is -0.141. The molecule has 1 aliphatic heterocycles. The van der Waals surface area contributed by atoms with Crippen molar-refractivity contribution in [1.82, 2.24) is 10.2 Å². The first kappa shape index (κ1) is 13.0. The summed E-state index contributed by atoms with van der Waals surface area (Å²) in [5.41, 5.74) is 0. The molecule has 92 valence electrons. The highest BCUT2D eigenvalue weighted by atomic mass is 16.5. The zero-order valence-corrected chi connectivity index (χ0v) is 10.2. The Labute approximate surface area is 96.1 Å². The highest BCUT2D eigenvalue weighted by Crippen LogP contribution is 2.10. The number of rotatable bonds is 4. The van der Waals surface area contributed by atoms with Crippen molar-refractivity contribution in [3.63, 3.8) is 0 Å². The van der Waals surface area contributed by atoms with Crippen LogP contribution in [0.2, 0.25) is 0 Å². The van der Waals surface area contributed by atoms with Gasteiger partial charge in [0.15, 0.2) is 0 Å². The Kier molecular flexibility index (Phi) is 4.73. The molecule has 0 radical (unpaired) electrons. The van der Waals surface area contributed by atoms with Crippen molar-refractivity contribution in [3.8, 4) is 0 Å². The number of likely N-dealkylation sites (tertiary alicyclic amines) is 1. The number of hydrogen-bond donors (Lipinski definition) is 1. The van der Waals surface area contributed by atoms with E-state index in [4.69, 9.17) is 0 Å². The van der Waals surface area contributed by atoms with Crippen molar-refractivity contribution >= 4 is 11.9 Å². The third-order valence-corrected chi connectivity index (χ3v) is 2.85. The minimum absolute atomic E-state index is 0.0825. The quantitative estimate of drug-likeness (QED) is 0.696. The molecule has 1 heterocycles. The maximum absolute atomic E-state index is 11.3. The monoisotopic (exact) mass is 228 g/mol. The van der Waals surface area contributed by atoms with Gasteiger partial charge in [-0.15, -0.1) is 0 Å². The topological polar surface area (TPSA) is 58.6 Å². The largest absolute Gasteiger partial charge is 0.469 e. The van der Waals surface area contributed by atoms with Gasteiger partial charge in [-0.3, -0.25) is 9.59 Å². The van der Waals surface area contributed by atoms with E-state index in [-0.39, 0.29) is 24.0 Å². The summed E-state index contributed by atoms with van der Waals surface area (Å²) in [6.07, 6.45) is 1.79. The maximum atomic E-state index is 11.3. The molecule has 0 aromatic carbocycles. The van der Waals surface area contributed by atoms with Crippen LogP contribution in [0.25, 0.3) is 0 Å². The fourth-order valence-electron chi connectivity index (χ4n) is 1.94. The van der Waals surface area contributed by atoms with Crippen LogP contribution in [-0.2, 0) is 14.3 Å². The summed E-state index contributed by atoms with van der Waals surface area (Å²) in [7, 11) is 3.20. The fourth-order valence-corrected chi connectivity index (χ4v) is 1.94. The molecule has 1 rings (SSSR count). The smallest absolute Gasteiger partial charge is 0.307 e. The predicted octanol–water partition coefficient (Wildman–Crippen LogP) is 0.148. The minimum Gasteiger partial charge on any atom is -0.469 e. The first-order valence-electron chi connectivity index (χ1n) is 5.59. The summed E-state index contributed by atoms with van der Waals surface area (Å²) in [6, 6.07) is 0.362. The van der Waals surface area contributed by atoms with Gasteiger partial charge in [0, 0.05) is 32.1 Å². The zero-order chi connectivity index (χ0) is 12.1. The van der Waals surface area contributed by atoms with Crippen molar-refractivity contribution in [2.45, 2.75) is 38.3 Å². The van der Waals surface area contributed by atoms with Gasteiger partial charge in [-0.1, -0.05) is 0 Å². The molecule has 0 saturated carbocycles. The molecule has 1 amide bonds. The average Bonchev–Trinajstić information content (AvgIpc) is 2.23. The van der Waals surface area contributed by atoms with Crippen LogP contribution in [-0.4, -0.2) is 49.6 Å². The summed E-state index contributed by atoms with van der Waals surface area (Å²) >= 11 is 0. The Hall–Kier alpha value is -1.10. The van der Waals surface area contributed by atoms with Crippen molar-refractivity contribution in [1.29, 1.82) is 0 Å². The normalized spacial score (nSPS) is 23.1. The number of nitrogens with zero attached hydrogens (tertiary/aromatic N) is 1. The van der Waals surface area contributed by atoms with Crippen LogP contribution < -0.4 is 5.32 Å². The van der Waals surface area contributed by atoms with Crippen LogP contribution >= 0.6 is 0 Å². The Bertz CT molecular complexity index is 268. The molecule has 1 aliphatic rings. The number of nitrogens with one attached hydrogen (secondary N) is 1. The lowest BCUT2D eigenvalue weighted by atomic mass is 10.0. The maximum Gasteiger partial charge on any atom is 0.307 e. The Morgan fingerprint density at radius 3 is 2.94 bits per heavy atom. The van der Waals surface area contributed by atoms with E-state index in [0.29, 0.717) is 19.4 Å². The van der Waals surface area contributed by atoms with E-state index in [1.54, 1.807) is 11.9 Å². The molecule has 0 aromatic heterocycles. The third-order valence-electron chi connectivity index (χ3n) is 2.85. The number of hydrogen-bond acceptors (Lipinski definition) is 4. The summed E-state index contributed by atoms with van der Waals surface area (Å²) in [6.45, 7) is 2.66. The van der Waals surface area contributed by atoms with E-state index in [9.17, 15) is 9.59 Å². The second kappa shape index (κ2) is 5.84. The molecular weight excluding hydrogens is 208 g/mol. The molecule has 5 nitrogen and oxygen atoms in total. The Balaban J connectivity index is 2.31. The lowest BCUT2D eigenvalue weighted by Crippen LogP contribution is -2.49. The number of likely N-dealkylation sites (N-methyl/N-ethyl adjacent to an activating group) is 1. The Morgan fingerprint density at radius 1 is 1.69 bits per heavy atom. The van der Waals surface area contributed by atoms with Crippen molar-refractivity contribution < 1.29 is 14.3 Å². The number of amides is 1. The van der Waals surface area contributed by atoms with Gasteiger partial charge >= 0.3 is 5.97 Å². The summed E-state index contributed by atoms with van der Waals surface area (Å²) < 4.78 is 4.60. The van der Waals surface area contributed by atoms with Gasteiger partial charge in [-0.25, -0.2) is 0 Å². The van der Waals surface area contributed by atoms with E-state index in [0.717, 1.165) is 6.42 Å². The van der Waals surface area contributed by atoms with Crippen LogP contribution in [0.1, 0.15) is 26.2 Å². The molecule has 0 aromatic rings. The standard InChI is InChI=1S/C11H20N2O3/c1-8(6-11(15)16-3)12-9-4-5-10(14)13(2)7-9/h8-9,12H,4-7H2,1-3H3. The van der Waals surface area contributed by atoms with E-state index < -0.39 is 0 Å². The second-order valence-electron chi connectivity index (χ2n) is 4.36. The molecule has 0 spiro atoms. The highest BCUT2D eigenvalue weighted by Gasteiger charge is 2.24. The van der Waals surface area contributed by atoms with Gasteiger partial charge < -0.3 is 15.0 Å². The van der Waals surface area contributed by atoms with Gasteiger partial charge in [0.2, 0.25) is 5.91 Å². The Morgan fingerprint density at radius 2 is 2.38 bits per heavy atom. The zero-order valence-electron chi connectivity index (χ0n) is 10.2. The first-order chi connectivity index (χ1) is 7.52. The minimum atomic E-state index is -0.208. The SMILES string of the molecule is COC(=O)CC(C)NC1CCC(=O)N(C)C1. The molecule has 0 aliphatic carbocycles. The molecule has 5 heteroatoms. The van der Waals surface area contributed by atoms with E-state index in [2.05, 4.69) is 10.1 Å². The van der Waals surface area contributed by atoms with Crippen LogP contribution in [0.3, 0.4) is 0 Å². The van der Waals surface area contributed by atoms with Gasteiger partial charge in [0.1, 0.15) is 0 Å². The molecule has 1 N–H and O–H groups in total. The summed E-state index contributed by atoms with van der Waals surface area (Å²) in [5.74, 6) is -0.0149. The third kappa shape index (κ3) is 3.81. The summed E-state index contributed by atoms with van der Waals surface area (Å²) in [5, 5.41) is 3.34. The van der Waals surface area contributed by atoms with Crippen molar-refractivity contribution in [2.75, 3.05) is 20.7 Å². The fraction of sp³-hybridized carbons (Fsp3) is 0.818. The number of methoxy groups -OCH3 is 1. The second-order valence-corrected chi connectivity index (χ2v) is 4.36. The summed E-state index contributed by atoms with van der Waals surface area (Å²) in [4.78, 5) is 24.1. The van der Waals surface area contributed by atoms with Crippen molar-refractivity contribution in [3.05, 3.63) is 0 Å². The lowest BCUT2D eigenvalue weighted by Gasteiger charge is -2.32. The van der Waals surface area contributed by atoms with E-state index >= 15 is 0 Å². The number of piperidine rings is 1. The van der Waals surface area contributed by atoms with E-state index in [1.165, 1.54) is 7.11 Å². The van der Waals surface area contributed by atoms with Gasteiger partial charge in [0.05, 0.1) is 13.5 Å². The van der Waals surface area contributed by atoms with Gasteiger partial charge in [-0.05, 0) is 13.3 Å². The van der Waals surface area contributed by atoms with Crippen molar-refractivity contribution in [2.24, 2.45) is 0 Å². The van der Waals surface area contributed by atoms with Crippen LogP contribution in [0, 0.1) is 0 Å². The van der Waals surface area contributed by atoms with Crippen LogP contribution in [0.15, 0.2) is 0 Å². The molecule has 16 heavy (non-hydrogen) atoms. The van der Waals surface area contributed by atoms with Crippen LogP contribution in [0.5, 0.6) is 0 Å². The molecule has 1 saturated heterocycles. The first-order valence-corrected chi connectivity index (χ1v) is 5.59. The van der Waals surface area contributed by atoms with Gasteiger partial charge in [-0.2, -0.15) is 0 Å². The van der Waals surface area contributed by atoms with E-state index in [1.807, 2.05) is 6.92 Å². The number of esters is 1. The molecule has 0 bridgehead atoms. The predicted molar refractivity (Wildman–Crippen MR) is 59.9 cm³/mol. The average molecular weight is 228 g/mol.